The zero-order valence-corrected chi connectivity index (χ0v) is 24.1. The lowest BCUT2D eigenvalue weighted by Gasteiger charge is -2.41. The van der Waals surface area contributed by atoms with E-state index in [1.807, 2.05) is 21.1 Å². The first-order valence-electron chi connectivity index (χ1n) is 14.4. The molecule has 0 aliphatic rings. The van der Waals surface area contributed by atoms with Gasteiger partial charge < -0.3 is 4.48 Å². The Morgan fingerprint density at radius 1 is 0.545 bits per heavy atom. The summed E-state index contributed by atoms with van der Waals surface area (Å²) in [5.41, 5.74) is 0. The van der Waals surface area contributed by atoms with Gasteiger partial charge in [0.15, 0.2) is 0 Å². The fraction of sp³-hybridized carbons (Fsp3) is 0.931. The van der Waals surface area contributed by atoms with Crippen LogP contribution in [0, 0.1) is 0 Å². The van der Waals surface area contributed by atoms with Crippen LogP contribution in [0.4, 0.5) is 0 Å². The summed E-state index contributed by atoms with van der Waals surface area (Å²) >= 11 is 0. The zero-order valence-electron chi connectivity index (χ0n) is 23.2. The molecule has 0 aliphatic carbocycles. The maximum absolute atomic E-state index is 12.1. The molecule has 0 amide bonds. The van der Waals surface area contributed by atoms with Crippen molar-refractivity contribution in [3.63, 3.8) is 0 Å². The molecule has 0 aromatic carbocycles. The topological polar surface area (TPSA) is 34.1 Å². The van der Waals surface area contributed by atoms with Gasteiger partial charge in [0.2, 0.25) is 5.28 Å². The minimum Gasteiger partial charge on any atom is -0.314 e. The second-order valence-corrected chi connectivity index (χ2v) is 12.5. The molecule has 4 heteroatoms. The monoisotopic (exact) mass is 484 g/mol. The van der Waals surface area contributed by atoms with Crippen molar-refractivity contribution < 1.29 is 13.6 Å². The van der Waals surface area contributed by atoms with Crippen LogP contribution in [0.25, 0.3) is 0 Å². The van der Waals surface area contributed by atoms with Gasteiger partial charge in [-0.05, 0) is 38.5 Å². The molecule has 196 valence electrons. The molecule has 33 heavy (non-hydrogen) atoms. The minimum atomic E-state index is -2.42. The van der Waals surface area contributed by atoms with Gasteiger partial charge in [0, 0.05) is 12.8 Å². The zero-order chi connectivity index (χ0) is 24.8. The van der Waals surface area contributed by atoms with Crippen molar-refractivity contribution in [1.82, 2.24) is 0 Å². The lowest BCUT2D eigenvalue weighted by molar-refractivity contribution is -0.908. The highest BCUT2D eigenvalue weighted by molar-refractivity contribution is 7.32. The molecule has 0 heterocycles. The van der Waals surface area contributed by atoms with Crippen molar-refractivity contribution in [3.05, 3.63) is 12.2 Å². The number of allylic oxidation sites excluding steroid dienone is 2. The Bertz CT molecular complexity index is 528. The lowest BCUT2D eigenvalue weighted by Crippen LogP contribution is -2.53. The van der Waals surface area contributed by atoms with E-state index in [4.69, 9.17) is 0 Å². The molecule has 0 saturated carbocycles. The summed E-state index contributed by atoms with van der Waals surface area (Å²) in [4.78, 5) is 0. The van der Waals surface area contributed by atoms with E-state index in [1.165, 1.54) is 109 Å². The molecule has 1 unspecified atom stereocenters. The number of hydrogen-bond donors (Lipinski definition) is 0. The number of nitrogens with zero attached hydrogens (tertiary/aromatic N) is 1. The lowest BCUT2D eigenvalue weighted by atomic mass is 9.99. The van der Waals surface area contributed by atoms with Crippen molar-refractivity contribution in [2.75, 3.05) is 21.1 Å². The van der Waals surface area contributed by atoms with E-state index in [2.05, 4.69) is 26.0 Å². The van der Waals surface area contributed by atoms with Crippen molar-refractivity contribution in [1.29, 1.82) is 0 Å². The number of quaternary nitrogens is 1. The van der Waals surface area contributed by atoms with Gasteiger partial charge in [-0.25, -0.2) is 9.13 Å². The van der Waals surface area contributed by atoms with Gasteiger partial charge >= 0.3 is 7.68 Å². The molecule has 0 aliphatic heterocycles. The molecule has 3 nitrogen and oxygen atoms in total. The predicted octanol–water partition coefficient (Wildman–Crippen LogP) is 10.3. The molecule has 1 atom stereocenters. The first-order chi connectivity index (χ1) is 15.8. The first kappa shape index (κ1) is 32.6. The van der Waals surface area contributed by atoms with Crippen molar-refractivity contribution in [3.8, 4) is 0 Å². The summed E-state index contributed by atoms with van der Waals surface area (Å²) in [5, 5.41) is -0.589. The third-order valence-corrected chi connectivity index (χ3v) is 9.05. The number of hydrogen-bond acceptors (Lipinski definition) is 2. The van der Waals surface area contributed by atoms with Gasteiger partial charge in [-0.15, -0.1) is 0 Å². The Kier molecular flexibility index (Phi) is 20.7. The standard InChI is InChI=1S/C29H59NO2P/c1-6-8-9-10-11-12-13-14-15-16-17-18-19-20-21-22-23-24-25-26-28-29(27-7-2,33(31)32)30(3,4)5/h12-13H,6-11,14-28H2,1-5H3/q+1. The predicted molar refractivity (Wildman–Crippen MR) is 147 cm³/mol. The highest BCUT2D eigenvalue weighted by Crippen LogP contribution is 2.44. The van der Waals surface area contributed by atoms with Crippen LogP contribution in [0.3, 0.4) is 0 Å². The minimum absolute atomic E-state index is 0.523. The molecule has 0 bridgehead atoms. The van der Waals surface area contributed by atoms with Crippen LogP contribution in [-0.2, 0) is 9.13 Å². The van der Waals surface area contributed by atoms with E-state index in [0.29, 0.717) is 4.48 Å². The molecule has 0 fully saturated rings. The molecule has 0 radical (unpaired) electrons. The Labute approximate surface area is 208 Å². The van der Waals surface area contributed by atoms with Crippen LogP contribution in [0.1, 0.15) is 149 Å². The summed E-state index contributed by atoms with van der Waals surface area (Å²) in [6.07, 6.45) is 31.1. The normalized spacial score (nSPS) is 14.1. The summed E-state index contributed by atoms with van der Waals surface area (Å²) < 4.78 is 24.7. The Hall–Kier alpha value is -0.400. The third kappa shape index (κ3) is 16.0. The van der Waals surface area contributed by atoms with Gasteiger partial charge in [0.25, 0.3) is 0 Å². The first-order valence-corrected chi connectivity index (χ1v) is 15.6. The number of unbranched alkanes of at least 4 members (excludes halogenated alkanes) is 16. The summed E-state index contributed by atoms with van der Waals surface area (Å²) in [6.45, 7) is 4.37. The smallest absolute Gasteiger partial charge is 0.314 e. The van der Waals surface area contributed by atoms with Gasteiger partial charge in [-0.1, -0.05) is 109 Å². The fourth-order valence-electron chi connectivity index (χ4n) is 4.99. The summed E-state index contributed by atoms with van der Waals surface area (Å²) in [7, 11) is 3.69. The molecule has 0 aromatic heterocycles. The fourth-order valence-corrected chi connectivity index (χ4v) is 6.22. The van der Waals surface area contributed by atoms with Crippen molar-refractivity contribution in [2.45, 2.75) is 154 Å². The molecule has 0 spiro atoms. The van der Waals surface area contributed by atoms with Crippen LogP contribution >= 0.6 is 7.68 Å². The second kappa shape index (κ2) is 20.9. The highest BCUT2D eigenvalue weighted by Gasteiger charge is 2.47. The van der Waals surface area contributed by atoms with Gasteiger partial charge in [-0.3, -0.25) is 0 Å². The summed E-state index contributed by atoms with van der Waals surface area (Å²) in [5.74, 6) is 0. The Morgan fingerprint density at radius 3 is 1.30 bits per heavy atom. The SMILES string of the molecule is CCCCCCC=CCCCCCCCCCCCCCCC(CCC)(P(=O)=O)[N+](C)(C)C. The van der Waals surface area contributed by atoms with Gasteiger partial charge in [0.1, 0.15) is 0 Å². The second-order valence-electron chi connectivity index (χ2n) is 11.1. The Morgan fingerprint density at radius 2 is 0.939 bits per heavy atom. The van der Waals surface area contributed by atoms with Crippen molar-refractivity contribution in [2.24, 2.45) is 0 Å². The highest BCUT2D eigenvalue weighted by atomic mass is 31.1. The molecular weight excluding hydrogens is 425 g/mol. The van der Waals surface area contributed by atoms with Crippen LogP contribution in [0.15, 0.2) is 12.2 Å². The van der Waals surface area contributed by atoms with Crippen LogP contribution in [0.2, 0.25) is 0 Å². The third-order valence-electron chi connectivity index (χ3n) is 7.33. The van der Waals surface area contributed by atoms with Gasteiger partial charge in [-0.2, -0.15) is 0 Å². The molecule has 0 aromatic rings. The molecule has 0 rings (SSSR count). The van der Waals surface area contributed by atoms with E-state index in [1.54, 1.807) is 0 Å². The largest absolute Gasteiger partial charge is 0.378 e. The van der Waals surface area contributed by atoms with Gasteiger partial charge in [0.05, 0.1) is 21.1 Å². The number of rotatable bonds is 24. The Balaban J connectivity index is 3.58. The summed E-state index contributed by atoms with van der Waals surface area (Å²) in [6, 6.07) is 0. The molecule has 0 saturated heterocycles. The van der Waals surface area contributed by atoms with Crippen molar-refractivity contribution >= 4 is 7.68 Å². The quantitative estimate of drug-likeness (QED) is 0.0591. The van der Waals surface area contributed by atoms with E-state index < -0.39 is 13.0 Å². The molecule has 0 N–H and O–H groups in total. The average Bonchev–Trinajstić information content (AvgIpc) is 2.76. The van der Waals surface area contributed by atoms with E-state index in [-0.39, 0.29) is 0 Å². The van der Waals surface area contributed by atoms with Crippen LogP contribution in [-0.4, -0.2) is 30.9 Å². The van der Waals surface area contributed by atoms with Crippen LogP contribution in [0.5, 0.6) is 0 Å². The average molecular weight is 485 g/mol. The van der Waals surface area contributed by atoms with E-state index >= 15 is 0 Å². The van der Waals surface area contributed by atoms with E-state index in [0.717, 1.165) is 25.7 Å². The maximum Gasteiger partial charge on any atom is 0.378 e. The van der Waals surface area contributed by atoms with E-state index in [9.17, 15) is 9.13 Å². The maximum atomic E-state index is 12.1. The van der Waals surface area contributed by atoms with Crippen LogP contribution < -0.4 is 0 Å². The molecular formula is C29H59NO2P+.